The van der Waals surface area contributed by atoms with Crippen LogP contribution in [0, 0.1) is 0 Å². The largest absolute Gasteiger partial charge is 0.394 e. The van der Waals surface area contributed by atoms with E-state index in [0.29, 0.717) is 0 Å². The highest BCUT2D eigenvalue weighted by Crippen LogP contribution is 2.21. The van der Waals surface area contributed by atoms with Crippen molar-refractivity contribution in [3.63, 3.8) is 0 Å². The molecule has 1 saturated heterocycles. The van der Waals surface area contributed by atoms with Crippen LogP contribution < -0.4 is 5.48 Å². The molecule has 0 radical (unpaired) electrons. The molecule has 7 nitrogen and oxygen atoms in total. The van der Waals surface area contributed by atoms with Gasteiger partial charge in [-0.2, -0.15) is 5.48 Å². The van der Waals surface area contributed by atoms with Gasteiger partial charge in [0.1, 0.15) is 24.4 Å². The Hall–Kier alpha value is -0.280. The maximum atomic E-state index is 9.63. The monoisotopic (exact) mass is 251 g/mol. The average Bonchev–Trinajstić information content (AvgIpc) is 2.34. The maximum Gasteiger partial charge on any atom is 0.206 e. The zero-order valence-electron chi connectivity index (χ0n) is 9.98. The van der Waals surface area contributed by atoms with Gasteiger partial charge in [0, 0.05) is 6.04 Å². The summed E-state index contributed by atoms with van der Waals surface area (Å²) < 4.78 is 5.13. The van der Waals surface area contributed by atoms with Gasteiger partial charge in [-0.1, -0.05) is 6.92 Å². The van der Waals surface area contributed by atoms with Crippen LogP contribution in [0.25, 0.3) is 0 Å². The van der Waals surface area contributed by atoms with E-state index in [-0.39, 0.29) is 6.04 Å². The average molecular weight is 251 g/mol. The third-order valence-corrected chi connectivity index (χ3v) is 2.85. The van der Waals surface area contributed by atoms with Crippen LogP contribution in [0.3, 0.4) is 0 Å². The van der Waals surface area contributed by atoms with Gasteiger partial charge in [0.25, 0.3) is 0 Å². The molecule has 1 heterocycles. The van der Waals surface area contributed by atoms with Crippen molar-refractivity contribution in [1.82, 2.24) is 5.48 Å². The molecule has 0 bridgehead atoms. The molecule has 0 aliphatic carbocycles. The highest BCUT2D eigenvalue weighted by molar-refractivity contribution is 4.88. The smallest absolute Gasteiger partial charge is 0.206 e. The van der Waals surface area contributed by atoms with Crippen molar-refractivity contribution in [1.29, 1.82) is 0 Å². The molecule has 1 fully saturated rings. The standard InChI is InChI=1S/C10H21NO6/c1-3-5(2)11-17-10-9(15)8(14)7(13)6(4-12)16-10/h5-15H,3-4H2,1-2H3/t5?,6?,7-,8-,9?,10?/m0/s1. The number of hydrogen-bond acceptors (Lipinski definition) is 7. The molecule has 0 spiro atoms. The normalized spacial score (nSPS) is 40.2. The molecular formula is C10H21NO6. The van der Waals surface area contributed by atoms with Gasteiger partial charge in [0.05, 0.1) is 6.61 Å². The van der Waals surface area contributed by atoms with Gasteiger partial charge in [-0.3, -0.25) is 4.84 Å². The topological polar surface area (TPSA) is 111 Å². The van der Waals surface area contributed by atoms with Crippen LogP contribution in [0.4, 0.5) is 0 Å². The van der Waals surface area contributed by atoms with Gasteiger partial charge in [-0.15, -0.1) is 0 Å². The predicted octanol–water partition coefficient (Wildman–Crippen LogP) is -1.89. The Morgan fingerprint density at radius 3 is 2.41 bits per heavy atom. The lowest BCUT2D eigenvalue weighted by molar-refractivity contribution is -0.318. The first-order valence-electron chi connectivity index (χ1n) is 5.73. The Morgan fingerprint density at radius 1 is 1.24 bits per heavy atom. The molecule has 7 heteroatoms. The molecule has 1 rings (SSSR count). The summed E-state index contributed by atoms with van der Waals surface area (Å²) in [6.07, 6.45) is -5.40. The Balaban J connectivity index is 2.53. The van der Waals surface area contributed by atoms with Gasteiger partial charge >= 0.3 is 0 Å². The van der Waals surface area contributed by atoms with E-state index in [9.17, 15) is 15.3 Å². The van der Waals surface area contributed by atoms with Crippen LogP contribution in [0.5, 0.6) is 0 Å². The van der Waals surface area contributed by atoms with E-state index < -0.39 is 37.3 Å². The summed E-state index contributed by atoms with van der Waals surface area (Å²) >= 11 is 0. The van der Waals surface area contributed by atoms with Crippen molar-refractivity contribution < 1.29 is 30.0 Å². The summed E-state index contributed by atoms with van der Waals surface area (Å²) in [4.78, 5) is 5.09. The van der Waals surface area contributed by atoms with Crippen molar-refractivity contribution in [3.8, 4) is 0 Å². The number of hydroxylamine groups is 1. The molecule has 102 valence electrons. The molecule has 0 saturated carbocycles. The molecule has 1 aliphatic rings. The second-order valence-electron chi connectivity index (χ2n) is 4.24. The minimum absolute atomic E-state index is 0.0577. The number of nitrogens with one attached hydrogen (secondary N) is 1. The molecule has 0 aromatic heterocycles. The van der Waals surface area contributed by atoms with E-state index in [1.807, 2.05) is 13.8 Å². The lowest BCUT2D eigenvalue weighted by Crippen LogP contribution is -2.60. The molecule has 1 aliphatic heterocycles. The highest BCUT2D eigenvalue weighted by atomic mass is 16.8. The minimum Gasteiger partial charge on any atom is -0.394 e. The molecule has 0 aromatic rings. The van der Waals surface area contributed by atoms with Crippen LogP contribution >= 0.6 is 0 Å². The fourth-order valence-corrected chi connectivity index (χ4v) is 1.43. The van der Waals surface area contributed by atoms with E-state index >= 15 is 0 Å². The van der Waals surface area contributed by atoms with Crippen molar-refractivity contribution in [2.75, 3.05) is 6.61 Å². The third-order valence-electron chi connectivity index (χ3n) is 2.85. The van der Waals surface area contributed by atoms with Crippen LogP contribution in [0.2, 0.25) is 0 Å². The summed E-state index contributed by atoms with van der Waals surface area (Å²) in [5.41, 5.74) is 2.65. The number of ether oxygens (including phenoxy) is 1. The summed E-state index contributed by atoms with van der Waals surface area (Å²) in [7, 11) is 0. The lowest BCUT2D eigenvalue weighted by Gasteiger charge is -2.39. The van der Waals surface area contributed by atoms with Gasteiger partial charge in [-0.05, 0) is 13.3 Å². The van der Waals surface area contributed by atoms with Crippen molar-refractivity contribution in [3.05, 3.63) is 0 Å². The SMILES string of the molecule is CCC(C)NOC1OC(CO)[C@H](O)[C@H](O)C1O. The van der Waals surface area contributed by atoms with Gasteiger partial charge < -0.3 is 25.2 Å². The second-order valence-corrected chi connectivity index (χ2v) is 4.24. The number of aliphatic hydroxyl groups is 4. The lowest BCUT2D eigenvalue weighted by atomic mass is 9.99. The first-order valence-corrected chi connectivity index (χ1v) is 5.73. The molecule has 0 aromatic carbocycles. The first kappa shape index (κ1) is 14.8. The number of rotatable bonds is 5. The first-order chi connectivity index (χ1) is 8.01. The Labute approximate surface area is 99.9 Å². The van der Waals surface area contributed by atoms with Crippen molar-refractivity contribution >= 4 is 0 Å². The van der Waals surface area contributed by atoms with Crippen LogP contribution in [-0.2, 0) is 9.57 Å². The highest BCUT2D eigenvalue weighted by Gasteiger charge is 2.44. The molecule has 0 amide bonds. The predicted molar refractivity (Wildman–Crippen MR) is 57.7 cm³/mol. The Bertz CT molecular complexity index is 227. The zero-order chi connectivity index (χ0) is 13.0. The molecule has 6 atom stereocenters. The minimum atomic E-state index is -1.41. The summed E-state index contributed by atoms with van der Waals surface area (Å²) in [6, 6.07) is 0.0577. The zero-order valence-corrected chi connectivity index (χ0v) is 9.98. The summed E-state index contributed by atoms with van der Waals surface area (Å²) in [5, 5.41) is 37.6. The van der Waals surface area contributed by atoms with Gasteiger partial charge in [0.15, 0.2) is 0 Å². The third kappa shape index (κ3) is 3.59. The van der Waals surface area contributed by atoms with Gasteiger partial charge in [0.2, 0.25) is 6.29 Å². The van der Waals surface area contributed by atoms with E-state index in [4.69, 9.17) is 14.7 Å². The van der Waals surface area contributed by atoms with Crippen LogP contribution in [0.15, 0.2) is 0 Å². The van der Waals surface area contributed by atoms with E-state index in [0.717, 1.165) is 6.42 Å². The molecule has 17 heavy (non-hydrogen) atoms. The molecular weight excluding hydrogens is 230 g/mol. The second kappa shape index (κ2) is 6.60. The van der Waals surface area contributed by atoms with Crippen LogP contribution in [-0.4, -0.2) is 63.8 Å². The number of aliphatic hydroxyl groups excluding tert-OH is 4. The fourth-order valence-electron chi connectivity index (χ4n) is 1.43. The molecule has 5 N–H and O–H groups in total. The fraction of sp³-hybridized carbons (Fsp3) is 1.00. The summed E-state index contributed by atoms with van der Waals surface area (Å²) in [6.45, 7) is 3.37. The van der Waals surface area contributed by atoms with Crippen molar-refractivity contribution in [2.45, 2.75) is 57.0 Å². The van der Waals surface area contributed by atoms with E-state index in [1.54, 1.807) is 0 Å². The Kier molecular flexibility index (Phi) is 5.74. The summed E-state index contributed by atoms with van der Waals surface area (Å²) in [5.74, 6) is 0. The number of hydrogen-bond donors (Lipinski definition) is 5. The van der Waals surface area contributed by atoms with E-state index in [1.165, 1.54) is 0 Å². The Morgan fingerprint density at radius 2 is 1.88 bits per heavy atom. The quantitative estimate of drug-likeness (QED) is 0.363. The molecule has 4 unspecified atom stereocenters. The van der Waals surface area contributed by atoms with Gasteiger partial charge in [-0.25, -0.2) is 0 Å². The maximum absolute atomic E-state index is 9.63. The van der Waals surface area contributed by atoms with Crippen LogP contribution in [0.1, 0.15) is 20.3 Å². The van der Waals surface area contributed by atoms with E-state index in [2.05, 4.69) is 5.48 Å². The van der Waals surface area contributed by atoms with Crippen molar-refractivity contribution in [2.24, 2.45) is 0 Å².